The smallest absolute Gasteiger partial charge is 0.261 e. The van der Waals surface area contributed by atoms with Crippen molar-refractivity contribution >= 4 is 33.7 Å². The molecule has 3 rings (SSSR count). The molecule has 1 atom stereocenters. The van der Waals surface area contributed by atoms with E-state index >= 15 is 0 Å². The zero-order valence-corrected chi connectivity index (χ0v) is 16.9. The minimum Gasteiger partial charge on any atom is -0.350 e. The number of fused-ring (bicyclic) bond motifs is 1. The van der Waals surface area contributed by atoms with Gasteiger partial charge in [0.15, 0.2) is 0 Å². The number of nitrogens with zero attached hydrogens (tertiary/aromatic N) is 1. The quantitative estimate of drug-likeness (QED) is 0.706. The van der Waals surface area contributed by atoms with Crippen LogP contribution in [0.3, 0.4) is 0 Å². The van der Waals surface area contributed by atoms with E-state index in [1.807, 2.05) is 44.2 Å². The number of aryl methyl sites for hydroxylation is 1. The highest BCUT2D eigenvalue weighted by Crippen LogP contribution is 2.24. The Kier molecular flexibility index (Phi) is 5.75. The molecule has 0 aliphatic carbocycles. The van der Waals surface area contributed by atoms with Gasteiger partial charge in [-0.1, -0.05) is 39.7 Å². The van der Waals surface area contributed by atoms with Gasteiger partial charge < -0.3 is 5.32 Å². The number of benzene rings is 2. The van der Waals surface area contributed by atoms with Crippen LogP contribution in [0, 0.1) is 6.92 Å². The Labute approximate surface area is 166 Å². The van der Waals surface area contributed by atoms with Crippen molar-refractivity contribution in [2.24, 2.45) is 0 Å². The minimum atomic E-state index is -0.279. The number of hydrogen-bond acceptors (Lipinski definition) is 3. The molecule has 2 aromatic carbocycles. The maximum Gasteiger partial charge on any atom is 0.261 e. The summed E-state index contributed by atoms with van der Waals surface area (Å²) in [6.45, 7) is 4.05. The summed E-state index contributed by atoms with van der Waals surface area (Å²) in [5.74, 6) is -0.654. The molecule has 140 valence electrons. The predicted octanol–water partition coefficient (Wildman–Crippen LogP) is 4.01. The molecule has 0 spiro atoms. The normalized spacial score (nSPS) is 14.3. The van der Waals surface area contributed by atoms with Crippen LogP contribution in [-0.2, 0) is 4.79 Å². The van der Waals surface area contributed by atoms with Crippen LogP contribution in [0.5, 0.6) is 0 Å². The van der Waals surface area contributed by atoms with E-state index in [0.29, 0.717) is 17.5 Å². The van der Waals surface area contributed by atoms with E-state index in [1.165, 1.54) is 4.90 Å². The lowest BCUT2D eigenvalue weighted by molar-refractivity contribution is -0.121. The van der Waals surface area contributed by atoms with E-state index in [9.17, 15) is 14.4 Å². The summed E-state index contributed by atoms with van der Waals surface area (Å²) < 4.78 is 0.987. The van der Waals surface area contributed by atoms with Gasteiger partial charge in [0.25, 0.3) is 11.8 Å². The Morgan fingerprint density at radius 2 is 1.74 bits per heavy atom. The average Bonchev–Trinajstić information content (AvgIpc) is 2.86. The predicted molar refractivity (Wildman–Crippen MR) is 106 cm³/mol. The van der Waals surface area contributed by atoms with E-state index < -0.39 is 0 Å². The number of nitrogens with one attached hydrogen (secondary N) is 1. The average molecular weight is 429 g/mol. The molecule has 1 aliphatic heterocycles. The Hall–Kier alpha value is -2.47. The van der Waals surface area contributed by atoms with Crippen LogP contribution < -0.4 is 5.32 Å². The Balaban J connectivity index is 1.51. The zero-order chi connectivity index (χ0) is 19.6. The maximum absolute atomic E-state index is 12.4. The summed E-state index contributed by atoms with van der Waals surface area (Å²) in [6.07, 6.45) is 0.691. The molecule has 1 N–H and O–H groups in total. The zero-order valence-electron chi connectivity index (χ0n) is 15.3. The van der Waals surface area contributed by atoms with Gasteiger partial charge in [0.05, 0.1) is 17.2 Å². The first-order valence-electron chi connectivity index (χ1n) is 8.88. The van der Waals surface area contributed by atoms with Crippen LogP contribution in [0.15, 0.2) is 46.9 Å². The highest BCUT2D eigenvalue weighted by Gasteiger charge is 2.34. The minimum absolute atomic E-state index is 0.0992. The standard InChI is InChI=1S/C21H21BrN2O3/c1-13-5-10-17-18(12-13)21(27)24(20(17)26)11-3-4-19(25)23-14(2)15-6-8-16(22)9-7-15/h5-10,12,14H,3-4,11H2,1-2H3,(H,23,25)/t14-/m0/s1. The highest BCUT2D eigenvalue weighted by molar-refractivity contribution is 9.10. The van der Waals surface area contributed by atoms with E-state index in [1.54, 1.807) is 12.1 Å². The molecule has 1 aliphatic rings. The second kappa shape index (κ2) is 8.05. The first-order chi connectivity index (χ1) is 12.9. The van der Waals surface area contributed by atoms with Crippen LogP contribution in [-0.4, -0.2) is 29.2 Å². The molecule has 0 bridgehead atoms. The molecule has 27 heavy (non-hydrogen) atoms. The van der Waals surface area contributed by atoms with Gasteiger partial charge in [-0.05, 0) is 50.1 Å². The number of rotatable bonds is 6. The fraction of sp³-hybridized carbons (Fsp3) is 0.286. The van der Waals surface area contributed by atoms with E-state index in [0.717, 1.165) is 15.6 Å². The third-order valence-electron chi connectivity index (χ3n) is 4.66. The van der Waals surface area contributed by atoms with Crippen LogP contribution in [0.25, 0.3) is 0 Å². The second-order valence-electron chi connectivity index (χ2n) is 6.76. The van der Waals surface area contributed by atoms with Crippen molar-refractivity contribution < 1.29 is 14.4 Å². The molecule has 0 saturated heterocycles. The first kappa shape index (κ1) is 19.3. The Bertz CT molecular complexity index is 893. The van der Waals surface area contributed by atoms with Crippen molar-refractivity contribution in [2.45, 2.75) is 32.7 Å². The topological polar surface area (TPSA) is 66.5 Å². The monoisotopic (exact) mass is 428 g/mol. The van der Waals surface area contributed by atoms with Gasteiger partial charge in [0, 0.05) is 17.4 Å². The largest absolute Gasteiger partial charge is 0.350 e. The van der Waals surface area contributed by atoms with E-state index in [4.69, 9.17) is 0 Å². The number of carbonyl (C=O) groups is 3. The van der Waals surface area contributed by atoms with Crippen molar-refractivity contribution in [3.8, 4) is 0 Å². The van der Waals surface area contributed by atoms with Gasteiger partial charge in [0.1, 0.15) is 0 Å². The first-order valence-corrected chi connectivity index (χ1v) is 9.68. The molecule has 5 nitrogen and oxygen atoms in total. The lowest BCUT2D eigenvalue weighted by atomic mass is 10.1. The molecule has 3 amide bonds. The second-order valence-corrected chi connectivity index (χ2v) is 7.67. The highest BCUT2D eigenvalue weighted by atomic mass is 79.9. The molecule has 0 aromatic heterocycles. The maximum atomic E-state index is 12.4. The molecule has 0 radical (unpaired) electrons. The summed E-state index contributed by atoms with van der Waals surface area (Å²) in [4.78, 5) is 38.2. The molecular weight excluding hydrogens is 408 g/mol. The van der Waals surface area contributed by atoms with Crippen molar-refractivity contribution in [3.63, 3.8) is 0 Å². The van der Waals surface area contributed by atoms with Gasteiger partial charge in [-0.25, -0.2) is 0 Å². The Morgan fingerprint density at radius 3 is 2.44 bits per heavy atom. The molecule has 0 saturated carbocycles. The molecule has 6 heteroatoms. The summed E-state index contributed by atoms with van der Waals surface area (Å²) in [5, 5.41) is 2.95. The molecule has 2 aromatic rings. The van der Waals surface area contributed by atoms with Gasteiger partial charge in [-0.15, -0.1) is 0 Å². The molecule has 0 fully saturated rings. The summed E-state index contributed by atoms with van der Waals surface area (Å²) in [5.41, 5.74) is 2.85. The van der Waals surface area contributed by atoms with Gasteiger partial charge in [-0.2, -0.15) is 0 Å². The number of halogens is 1. The fourth-order valence-corrected chi connectivity index (χ4v) is 3.42. The van der Waals surface area contributed by atoms with Crippen molar-refractivity contribution in [3.05, 3.63) is 69.2 Å². The van der Waals surface area contributed by atoms with Crippen LogP contribution in [0.1, 0.15) is 57.7 Å². The van der Waals surface area contributed by atoms with Gasteiger partial charge in [0.2, 0.25) is 5.91 Å². The summed E-state index contributed by atoms with van der Waals surface area (Å²) in [7, 11) is 0. The number of carbonyl (C=O) groups excluding carboxylic acids is 3. The fourth-order valence-electron chi connectivity index (χ4n) is 3.15. The van der Waals surface area contributed by atoms with Crippen LogP contribution >= 0.6 is 15.9 Å². The van der Waals surface area contributed by atoms with Crippen molar-refractivity contribution in [1.82, 2.24) is 10.2 Å². The lowest BCUT2D eigenvalue weighted by Gasteiger charge is -2.16. The van der Waals surface area contributed by atoms with Crippen molar-refractivity contribution in [2.75, 3.05) is 6.54 Å². The molecule has 1 heterocycles. The lowest BCUT2D eigenvalue weighted by Crippen LogP contribution is -2.32. The third kappa shape index (κ3) is 4.27. The Morgan fingerprint density at radius 1 is 1.07 bits per heavy atom. The van der Waals surface area contributed by atoms with E-state index in [2.05, 4.69) is 21.2 Å². The number of imide groups is 1. The van der Waals surface area contributed by atoms with Crippen LogP contribution in [0.2, 0.25) is 0 Å². The van der Waals surface area contributed by atoms with Gasteiger partial charge in [-0.3, -0.25) is 19.3 Å². The van der Waals surface area contributed by atoms with Gasteiger partial charge >= 0.3 is 0 Å². The third-order valence-corrected chi connectivity index (χ3v) is 5.19. The molecule has 0 unspecified atom stereocenters. The number of hydrogen-bond donors (Lipinski definition) is 1. The summed E-state index contributed by atoms with van der Waals surface area (Å²) >= 11 is 3.39. The SMILES string of the molecule is Cc1ccc2c(c1)C(=O)N(CCCC(=O)N[C@@H](C)c1ccc(Br)cc1)C2=O. The van der Waals surface area contributed by atoms with Crippen molar-refractivity contribution in [1.29, 1.82) is 0 Å². The van der Waals surface area contributed by atoms with Crippen LogP contribution in [0.4, 0.5) is 0 Å². The number of amides is 3. The molecular formula is C21H21BrN2O3. The summed E-state index contributed by atoms with van der Waals surface area (Å²) in [6, 6.07) is 12.9. The van der Waals surface area contributed by atoms with E-state index in [-0.39, 0.29) is 36.7 Å².